The fourth-order valence-electron chi connectivity index (χ4n) is 3.22. The van der Waals surface area contributed by atoms with Gasteiger partial charge in [-0.1, -0.05) is 0 Å². The normalized spacial score (nSPS) is 19.2. The van der Waals surface area contributed by atoms with Gasteiger partial charge in [-0.15, -0.1) is 0 Å². The Bertz CT molecular complexity index is 675. The average molecular weight is 286 g/mol. The van der Waals surface area contributed by atoms with E-state index in [1.165, 1.54) is 5.56 Å². The summed E-state index contributed by atoms with van der Waals surface area (Å²) in [4.78, 5) is 17.9. The molecule has 1 aliphatic rings. The lowest BCUT2D eigenvalue weighted by Crippen LogP contribution is -2.45. The Labute approximate surface area is 124 Å². The van der Waals surface area contributed by atoms with Crippen molar-refractivity contribution in [1.82, 2.24) is 9.88 Å². The zero-order valence-corrected chi connectivity index (χ0v) is 12.6. The third kappa shape index (κ3) is 2.44. The van der Waals surface area contributed by atoms with E-state index in [-0.39, 0.29) is 18.6 Å². The molecule has 1 fully saturated rings. The first-order valence-corrected chi connectivity index (χ1v) is 7.62. The van der Waals surface area contributed by atoms with E-state index in [2.05, 4.69) is 11.9 Å². The molecular formula is C17H22N2O2. The zero-order valence-electron chi connectivity index (χ0n) is 12.6. The smallest absolute Gasteiger partial charge is 0.254 e. The molecule has 1 aromatic heterocycles. The number of nitrogens with zero attached hydrogens (tertiary/aromatic N) is 1. The van der Waals surface area contributed by atoms with Crippen molar-refractivity contribution in [3.8, 4) is 0 Å². The Morgan fingerprint density at radius 2 is 2.19 bits per heavy atom. The van der Waals surface area contributed by atoms with E-state index in [1.54, 1.807) is 0 Å². The first-order valence-electron chi connectivity index (χ1n) is 7.62. The van der Waals surface area contributed by atoms with Crippen molar-refractivity contribution in [2.75, 3.05) is 13.2 Å². The minimum Gasteiger partial charge on any atom is -0.394 e. The van der Waals surface area contributed by atoms with E-state index in [0.717, 1.165) is 42.4 Å². The van der Waals surface area contributed by atoms with Crippen molar-refractivity contribution in [2.24, 2.45) is 0 Å². The number of fused-ring (bicyclic) bond motifs is 1. The van der Waals surface area contributed by atoms with Crippen LogP contribution < -0.4 is 0 Å². The quantitative estimate of drug-likeness (QED) is 0.892. The maximum Gasteiger partial charge on any atom is 0.254 e. The highest BCUT2D eigenvalue weighted by molar-refractivity contribution is 5.99. The van der Waals surface area contributed by atoms with Crippen molar-refractivity contribution in [3.63, 3.8) is 0 Å². The van der Waals surface area contributed by atoms with Crippen LogP contribution in [0.15, 0.2) is 18.2 Å². The number of aliphatic hydroxyl groups excluding tert-OH is 1. The van der Waals surface area contributed by atoms with Gasteiger partial charge in [-0.3, -0.25) is 4.79 Å². The Morgan fingerprint density at radius 1 is 1.38 bits per heavy atom. The number of H-pyrrole nitrogens is 1. The van der Waals surface area contributed by atoms with E-state index in [4.69, 9.17) is 0 Å². The van der Waals surface area contributed by atoms with Gasteiger partial charge in [-0.25, -0.2) is 0 Å². The molecule has 2 heterocycles. The summed E-state index contributed by atoms with van der Waals surface area (Å²) in [6.45, 7) is 4.91. The van der Waals surface area contributed by atoms with Gasteiger partial charge in [-0.2, -0.15) is 0 Å². The number of hydrogen-bond acceptors (Lipinski definition) is 2. The van der Waals surface area contributed by atoms with Crippen molar-refractivity contribution < 1.29 is 9.90 Å². The first-order chi connectivity index (χ1) is 10.1. The minimum absolute atomic E-state index is 0.0315. The van der Waals surface area contributed by atoms with Crippen LogP contribution in [0.3, 0.4) is 0 Å². The average Bonchev–Trinajstić information content (AvgIpc) is 2.81. The molecule has 1 saturated heterocycles. The molecule has 112 valence electrons. The van der Waals surface area contributed by atoms with Gasteiger partial charge in [0.05, 0.1) is 12.6 Å². The molecule has 4 heteroatoms. The maximum atomic E-state index is 12.7. The summed E-state index contributed by atoms with van der Waals surface area (Å²) in [5.74, 6) is 0.0360. The SMILES string of the molecule is Cc1[nH]c2ccc(C(=O)N3CCCCC3CO)cc2c1C. The molecular weight excluding hydrogens is 264 g/mol. The third-order valence-corrected chi connectivity index (χ3v) is 4.65. The monoisotopic (exact) mass is 286 g/mol. The summed E-state index contributed by atoms with van der Waals surface area (Å²) in [5, 5.41) is 10.6. The van der Waals surface area contributed by atoms with Gasteiger partial charge in [0, 0.05) is 28.7 Å². The van der Waals surface area contributed by atoms with Crippen LogP contribution in [0.4, 0.5) is 0 Å². The van der Waals surface area contributed by atoms with E-state index < -0.39 is 0 Å². The molecule has 2 N–H and O–H groups in total. The highest BCUT2D eigenvalue weighted by Crippen LogP contribution is 2.25. The molecule has 0 bridgehead atoms. The highest BCUT2D eigenvalue weighted by Gasteiger charge is 2.27. The van der Waals surface area contributed by atoms with Gasteiger partial charge in [-0.05, 0) is 56.9 Å². The summed E-state index contributed by atoms with van der Waals surface area (Å²) in [6.07, 6.45) is 3.00. The van der Waals surface area contributed by atoms with Gasteiger partial charge in [0.15, 0.2) is 0 Å². The third-order valence-electron chi connectivity index (χ3n) is 4.65. The van der Waals surface area contributed by atoms with Gasteiger partial charge < -0.3 is 15.0 Å². The standard InChI is InChI=1S/C17H22N2O2/c1-11-12(2)18-16-7-6-13(9-15(11)16)17(21)19-8-4-3-5-14(19)10-20/h6-7,9,14,18,20H,3-5,8,10H2,1-2H3. The number of piperidine rings is 1. The second-order valence-electron chi connectivity index (χ2n) is 5.97. The number of aromatic amines is 1. The molecule has 0 aliphatic carbocycles. The van der Waals surface area contributed by atoms with Crippen molar-refractivity contribution in [3.05, 3.63) is 35.0 Å². The number of nitrogens with one attached hydrogen (secondary N) is 1. The molecule has 21 heavy (non-hydrogen) atoms. The molecule has 1 atom stereocenters. The number of aryl methyl sites for hydroxylation is 2. The molecule has 3 rings (SSSR count). The predicted molar refractivity (Wildman–Crippen MR) is 83.5 cm³/mol. The second-order valence-corrected chi connectivity index (χ2v) is 5.97. The summed E-state index contributed by atoms with van der Waals surface area (Å²) < 4.78 is 0. The molecule has 4 nitrogen and oxygen atoms in total. The largest absolute Gasteiger partial charge is 0.394 e. The van der Waals surface area contributed by atoms with Crippen LogP contribution in [-0.2, 0) is 0 Å². The zero-order chi connectivity index (χ0) is 15.0. The van der Waals surface area contributed by atoms with Crippen LogP contribution in [0.5, 0.6) is 0 Å². The Balaban J connectivity index is 1.95. The van der Waals surface area contributed by atoms with E-state index in [1.807, 2.05) is 30.0 Å². The lowest BCUT2D eigenvalue weighted by Gasteiger charge is -2.34. The molecule has 0 radical (unpaired) electrons. The van der Waals surface area contributed by atoms with Gasteiger partial charge >= 0.3 is 0 Å². The fraction of sp³-hybridized carbons (Fsp3) is 0.471. The maximum absolute atomic E-state index is 12.7. The number of aliphatic hydroxyl groups is 1. The second kappa shape index (κ2) is 5.53. The van der Waals surface area contributed by atoms with Crippen LogP contribution in [-0.4, -0.2) is 40.1 Å². The number of amides is 1. The fourth-order valence-corrected chi connectivity index (χ4v) is 3.22. The molecule has 2 aromatic rings. The summed E-state index contributed by atoms with van der Waals surface area (Å²) in [6, 6.07) is 5.79. The number of benzene rings is 1. The number of likely N-dealkylation sites (tertiary alicyclic amines) is 1. The number of rotatable bonds is 2. The van der Waals surface area contributed by atoms with Gasteiger partial charge in [0.2, 0.25) is 0 Å². The van der Waals surface area contributed by atoms with Gasteiger partial charge in [0.1, 0.15) is 0 Å². The summed E-state index contributed by atoms with van der Waals surface area (Å²) in [5.41, 5.74) is 4.11. The van der Waals surface area contributed by atoms with Crippen molar-refractivity contribution >= 4 is 16.8 Å². The predicted octanol–water partition coefficient (Wildman–Crippen LogP) is 2.77. The number of carbonyl (C=O) groups excluding carboxylic acids is 1. The minimum atomic E-state index is -0.0315. The lowest BCUT2D eigenvalue weighted by atomic mass is 10.0. The lowest BCUT2D eigenvalue weighted by molar-refractivity contribution is 0.0503. The number of carbonyl (C=O) groups is 1. The highest BCUT2D eigenvalue weighted by atomic mass is 16.3. The Hall–Kier alpha value is -1.81. The van der Waals surface area contributed by atoms with Crippen LogP contribution in [0.2, 0.25) is 0 Å². The summed E-state index contributed by atoms with van der Waals surface area (Å²) in [7, 11) is 0. The number of hydrogen-bond donors (Lipinski definition) is 2. The topological polar surface area (TPSA) is 56.3 Å². The Kier molecular flexibility index (Phi) is 3.72. The molecule has 0 spiro atoms. The van der Waals surface area contributed by atoms with Crippen LogP contribution >= 0.6 is 0 Å². The first kappa shape index (κ1) is 14.1. The van der Waals surface area contributed by atoms with Crippen LogP contribution in [0, 0.1) is 13.8 Å². The molecule has 1 aromatic carbocycles. The molecule has 1 amide bonds. The number of aromatic nitrogens is 1. The summed E-state index contributed by atoms with van der Waals surface area (Å²) >= 11 is 0. The van der Waals surface area contributed by atoms with Crippen LogP contribution in [0.25, 0.3) is 10.9 Å². The van der Waals surface area contributed by atoms with Crippen molar-refractivity contribution in [2.45, 2.75) is 39.2 Å². The van der Waals surface area contributed by atoms with Crippen LogP contribution in [0.1, 0.15) is 40.9 Å². The van der Waals surface area contributed by atoms with E-state index >= 15 is 0 Å². The Morgan fingerprint density at radius 3 is 2.95 bits per heavy atom. The molecule has 1 aliphatic heterocycles. The van der Waals surface area contributed by atoms with Gasteiger partial charge in [0.25, 0.3) is 5.91 Å². The van der Waals surface area contributed by atoms with E-state index in [0.29, 0.717) is 5.56 Å². The van der Waals surface area contributed by atoms with E-state index in [9.17, 15) is 9.90 Å². The van der Waals surface area contributed by atoms with Crippen molar-refractivity contribution in [1.29, 1.82) is 0 Å². The molecule has 1 unspecified atom stereocenters. The molecule has 0 saturated carbocycles.